The van der Waals surface area contributed by atoms with E-state index in [1.54, 1.807) is 46.2 Å². The second-order valence-corrected chi connectivity index (χ2v) is 10.8. The smallest absolute Gasteiger partial charge is 0.254 e. The van der Waals surface area contributed by atoms with Gasteiger partial charge in [-0.05, 0) is 61.2 Å². The van der Waals surface area contributed by atoms with E-state index >= 15 is 0 Å². The van der Waals surface area contributed by atoms with Gasteiger partial charge in [0.2, 0.25) is 5.91 Å². The Hall–Kier alpha value is -3.39. The van der Waals surface area contributed by atoms with Crippen molar-refractivity contribution in [3.05, 3.63) is 64.7 Å². The molecule has 1 N–H and O–H groups in total. The normalized spacial score (nSPS) is 19.7. The number of Topliss-reactive ketones (excluding diaryl/α,β-unsaturated/α-hetero) is 1. The molecule has 8 nitrogen and oxygen atoms in total. The van der Waals surface area contributed by atoms with E-state index in [2.05, 4.69) is 5.32 Å². The highest BCUT2D eigenvalue weighted by Gasteiger charge is 2.52. The maximum atomic E-state index is 13.7. The molecule has 0 bridgehead atoms. The molecule has 2 heterocycles. The zero-order valence-electron chi connectivity index (χ0n) is 21.6. The van der Waals surface area contributed by atoms with Gasteiger partial charge in [0, 0.05) is 42.5 Å². The molecule has 37 heavy (non-hydrogen) atoms. The van der Waals surface area contributed by atoms with Gasteiger partial charge in [0.15, 0.2) is 5.78 Å². The molecule has 2 aliphatic heterocycles. The molecule has 3 amide bonds. The van der Waals surface area contributed by atoms with Crippen LogP contribution in [0.2, 0.25) is 5.02 Å². The summed E-state index contributed by atoms with van der Waals surface area (Å²) in [6.45, 7) is 4.26. The van der Waals surface area contributed by atoms with Crippen LogP contribution in [0.5, 0.6) is 0 Å². The van der Waals surface area contributed by atoms with E-state index in [0.29, 0.717) is 35.5 Å². The van der Waals surface area contributed by atoms with E-state index in [1.807, 2.05) is 45.0 Å². The van der Waals surface area contributed by atoms with Crippen LogP contribution in [0.15, 0.2) is 48.5 Å². The number of carbonyl (C=O) groups is 4. The van der Waals surface area contributed by atoms with Gasteiger partial charge in [0.05, 0.1) is 12.6 Å². The summed E-state index contributed by atoms with van der Waals surface area (Å²) < 4.78 is 0. The number of carbonyl (C=O) groups excluding carboxylic acids is 4. The summed E-state index contributed by atoms with van der Waals surface area (Å²) in [5, 5.41) is 3.34. The lowest BCUT2D eigenvalue weighted by Gasteiger charge is -2.29. The predicted octanol–water partition coefficient (Wildman–Crippen LogP) is 3.25. The Morgan fingerprint density at radius 1 is 1.05 bits per heavy atom. The molecule has 0 aliphatic carbocycles. The van der Waals surface area contributed by atoms with E-state index in [9.17, 15) is 19.2 Å². The largest absolute Gasteiger partial charge is 0.378 e. The second-order valence-electron chi connectivity index (χ2n) is 10.3. The number of rotatable bonds is 7. The van der Waals surface area contributed by atoms with Gasteiger partial charge in [0.1, 0.15) is 12.1 Å². The molecule has 1 unspecified atom stereocenters. The number of fused-ring (bicyclic) bond motifs is 1. The zero-order valence-corrected chi connectivity index (χ0v) is 22.4. The van der Waals surface area contributed by atoms with Crippen LogP contribution < -0.4 is 10.2 Å². The molecule has 2 saturated heterocycles. The fourth-order valence-corrected chi connectivity index (χ4v) is 5.36. The number of likely N-dealkylation sites (tertiary alicyclic amines) is 2. The third kappa shape index (κ3) is 5.64. The van der Waals surface area contributed by atoms with Gasteiger partial charge in [-0.15, -0.1) is 0 Å². The van der Waals surface area contributed by atoms with Crippen LogP contribution in [0.1, 0.15) is 47.4 Å². The van der Waals surface area contributed by atoms with E-state index in [1.165, 1.54) is 0 Å². The number of benzene rings is 2. The fraction of sp³-hybridized carbons (Fsp3) is 0.429. The SMILES string of the molecule is CC(C)CC(NC(=O)c1ccc(N(C)C)cc1)C(=O)N1CC[C@@H]2[C@H]1C(=O)CN2C(=O)c1cccc(Cl)c1. The Kier molecular flexibility index (Phi) is 7.87. The Balaban J connectivity index is 1.50. The Morgan fingerprint density at radius 2 is 1.76 bits per heavy atom. The molecule has 4 rings (SSSR count). The summed E-state index contributed by atoms with van der Waals surface area (Å²) in [4.78, 5) is 58.0. The molecule has 0 spiro atoms. The van der Waals surface area contributed by atoms with Gasteiger partial charge in [-0.2, -0.15) is 0 Å². The average Bonchev–Trinajstić information content (AvgIpc) is 3.43. The van der Waals surface area contributed by atoms with Gasteiger partial charge < -0.3 is 20.0 Å². The van der Waals surface area contributed by atoms with Crippen LogP contribution in [0.25, 0.3) is 0 Å². The van der Waals surface area contributed by atoms with Gasteiger partial charge in [-0.1, -0.05) is 31.5 Å². The van der Waals surface area contributed by atoms with E-state index < -0.39 is 18.1 Å². The highest BCUT2D eigenvalue weighted by atomic mass is 35.5. The summed E-state index contributed by atoms with van der Waals surface area (Å²) in [5.41, 5.74) is 1.84. The minimum atomic E-state index is -0.773. The van der Waals surface area contributed by atoms with Crippen molar-refractivity contribution in [1.82, 2.24) is 15.1 Å². The van der Waals surface area contributed by atoms with E-state index in [-0.39, 0.29) is 36.0 Å². The third-order valence-electron chi connectivity index (χ3n) is 6.99. The molecule has 2 aromatic rings. The molecule has 3 atom stereocenters. The summed E-state index contributed by atoms with van der Waals surface area (Å²) >= 11 is 6.06. The molecular formula is C28H33ClN4O4. The first-order valence-electron chi connectivity index (χ1n) is 12.5. The van der Waals surface area contributed by atoms with Crippen molar-refractivity contribution in [1.29, 1.82) is 0 Å². The molecule has 2 aliphatic rings. The van der Waals surface area contributed by atoms with Crippen LogP contribution >= 0.6 is 11.6 Å². The van der Waals surface area contributed by atoms with Crippen molar-refractivity contribution >= 4 is 40.8 Å². The maximum Gasteiger partial charge on any atom is 0.254 e. The molecule has 0 saturated carbocycles. The number of anilines is 1. The highest BCUT2D eigenvalue weighted by Crippen LogP contribution is 2.32. The first kappa shape index (κ1) is 26.7. The van der Waals surface area contributed by atoms with Gasteiger partial charge in [0.25, 0.3) is 11.8 Å². The van der Waals surface area contributed by atoms with Crippen LogP contribution in [0.3, 0.4) is 0 Å². The molecule has 0 radical (unpaired) electrons. The summed E-state index contributed by atoms with van der Waals surface area (Å²) in [6, 6.07) is 11.9. The van der Waals surface area contributed by atoms with Crippen LogP contribution in [0, 0.1) is 5.92 Å². The number of nitrogens with one attached hydrogen (secondary N) is 1. The summed E-state index contributed by atoms with van der Waals surface area (Å²) in [5.74, 6) is -0.921. The predicted molar refractivity (Wildman–Crippen MR) is 143 cm³/mol. The zero-order chi connectivity index (χ0) is 26.9. The summed E-state index contributed by atoms with van der Waals surface area (Å²) in [7, 11) is 3.84. The Labute approximate surface area is 222 Å². The lowest BCUT2D eigenvalue weighted by Crippen LogP contribution is -2.53. The van der Waals surface area contributed by atoms with Crippen LogP contribution in [-0.2, 0) is 9.59 Å². The lowest BCUT2D eigenvalue weighted by atomic mass is 10.0. The Bertz CT molecular complexity index is 1200. The van der Waals surface area contributed by atoms with Crippen molar-refractivity contribution < 1.29 is 19.2 Å². The number of ketones is 1. The van der Waals surface area contributed by atoms with Gasteiger partial charge >= 0.3 is 0 Å². The monoisotopic (exact) mass is 524 g/mol. The quantitative estimate of drug-likeness (QED) is 0.600. The Morgan fingerprint density at radius 3 is 2.38 bits per heavy atom. The molecule has 2 aromatic carbocycles. The summed E-state index contributed by atoms with van der Waals surface area (Å²) in [6.07, 6.45) is 0.941. The third-order valence-corrected chi connectivity index (χ3v) is 7.23. The molecule has 9 heteroatoms. The number of halogens is 1. The first-order valence-corrected chi connectivity index (χ1v) is 12.9. The minimum absolute atomic E-state index is 0.0517. The number of hydrogen-bond acceptors (Lipinski definition) is 5. The van der Waals surface area contributed by atoms with Crippen molar-refractivity contribution in [2.24, 2.45) is 5.92 Å². The van der Waals surface area contributed by atoms with E-state index in [0.717, 1.165) is 5.69 Å². The molecule has 2 fully saturated rings. The lowest BCUT2D eigenvalue weighted by molar-refractivity contribution is -0.138. The van der Waals surface area contributed by atoms with Crippen molar-refractivity contribution in [2.75, 3.05) is 32.1 Å². The van der Waals surface area contributed by atoms with Gasteiger partial charge in [-0.25, -0.2) is 0 Å². The number of nitrogens with zero attached hydrogens (tertiary/aromatic N) is 3. The van der Waals surface area contributed by atoms with E-state index in [4.69, 9.17) is 11.6 Å². The van der Waals surface area contributed by atoms with Crippen molar-refractivity contribution in [3.8, 4) is 0 Å². The highest BCUT2D eigenvalue weighted by molar-refractivity contribution is 6.31. The standard InChI is InChI=1S/C28H33ClN4O4/c1-17(2)14-22(30-26(35)18-8-10-21(11-9-18)31(3)4)28(37)32-13-12-23-25(32)24(34)16-33(23)27(36)19-6-5-7-20(29)15-19/h5-11,15,17,22-23,25H,12-14,16H2,1-4H3,(H,30,35)/t22?,23-,25+/m1/s1. The molecule has 196 valence electrons. The number of hydrogen-bond donors (Lipinski definition) is 1. The fourth-order valence-electron chi connectivity index (χ4n) is 5.17. The second kappa shape index (κ2) is 10.9. The molecular weight excluding hydrogens is 492 g/mol. The van der Waals surface area contributed by atoms with Crippen LogP contribution in [-0.4, -0.2) is 78.6 Å². The van der Waals surface area contributed by atoms with Crippen molar-refractivity contribution in [2.45, 2.75) is 44.8 Å². The first-order chi connectivity index (χ1) is 17.6. The topological polar surface area (TPSA) is 90.0 Å². The average molecular weight is 525 g/mol. The minimum Gasteiger partial charge on any atom is -0.378 e. The van der Waals surface area contributed by atoms with Gasteiger partial charge in [-0.3, -0.25) is 19.2 Å². The number of amides is 3. The maximum absolute atomic E-state index is 13.7. The molecule has 0 aromatic heterocycles. The van der Waals surface area contributed by atoms with Crippen LogP contribution in [0.4, 0.5) is 5.69 Å². The van der Waals surface area contributed by atoms with Crippen molar-refractivity contribution in [3.63, 3.8) is 0 Å².